The molecule has 1 aliphatic rings. The summed E-state index contributed by atoms with van der Waals surface area (Å²) >= 11 is 0. The summed E-state index contributed by atoms with van der Waals surface area (Å²) in [5.41, 5.74) is 0.400. The fraction of sp³-hybridized carbons (Fsp3) is 0.600. The van der Waals surface area contributed by atoms with Crippen LogP contribution in [0.3, 0.4) is 0 Å². The predicted octanol–water partition coefficient (Wildman–Crippen LogP) is 3.26. The molecule has 0 aliphatic carbocycles. The van der Waals surface area contributed by atoms with E-state index in [1.165, 1.54) is 12.1 Å². The molecule has 0 radical (unpaired) electrons. The summed E-state index contributed by atoms with van der Waals surface area (Å²) in [6.45, 7) is 4.54. The van der Waals surface area contributed by atoms with E-state index in [1.54, 1.807) is 6.92 Å². The molecule has 2 nitrogen and oxygen atoms in total. The van der Waals surface area contributed by atoms with Crippen molar-refractivity contribution in [2.24, 2.45) is 0 Å². The highest BCUT2D eigenvalue weighted by molar-refractivity contribution is 5.22. The Balaban J connectivity index is 2.18. The van der Waals surface area contributed by atoms with Crippen molar-refractivity contribution >= 4 is 0 Å². The van der Waals surface area contributed by atoms with E-state index in [1.807, 2.05) is 6.92 Å². The Hall–Kier alpha value is -1.00. The summed E-state index contributed by atoms with van der Waals surface area (Å²) in [4.78, 5) is 2.17. The van der Waals surface area contributed by atoms with E-state index >= 15 is 0 Å². The zero-order chi connectivity index (χ0) is 14.0. The smallest absolute Gasteiger partial charge is 0.128 e. The van der Waals surface area contributed by atoms with Crippen molar-refractivity contribution < 1.29 is 13.9 Å². The maximum Gasteiger partial charge on any atom is 0.128 e. The molecule has 0 spiro atoms. The van der Waals surface area contributed by atoms with Crippen molar-refractivity contribution in [3.8, 4) is 0 Å². The molecule has 1 N–H and O–H groups in total. The second-order valence-electron chi connectivity index (χ2n) is 5.46. The molecule has 1 saturated heterocycles. The van der Waals surface area contributed by atoms with Gasteiger partial charge in [-0.05, 0) is 57.9 Å². The molecule has 0 bridgehead atoms. The molecule has 1 fully saturated rings. The van der Waals surface area contributed by atoms with E-state index < -0.39 is 5.82 Å². The third-order valence-corrected chi connectivity index (χ3v) is 3.94. The van der Waals surface area contributed by atoms with E-state index in [4.69, 9.17) is 0 Å². The highest BCUT2D eigenvalue weighted by Crippen LogP contribution is 2.32. The third kappa shape index (κ3) is 3.31. The number of nitrogens with zero attached hydrogens (tertiary/aromatic N) is 1. The molecule has 1 aromatic rings. The van der Waals surface area contributed by atoms with Crippen molar-refractivity contribution in [1.29, 1.82) is 0 Å². The molecule has 1 heterocycles. The summed E-state index contributed by atoms with van der Waals surface area (Å²) in [5, 5.41) is 9.52. The molecule has 3 atom stereocenters. The van der Waals surface area contributed by atoms with Crippen molar-refractivity contribution in [2.75, 3.05) is 6.54 Å². The number of halogens is 2. The van der Waals surface area contributed by atoms with Gasteiger partial charge in [-0.1, -0.05) is 0 Å². The van der Waals surface area contributed by atoms with Gasteiger partial charge >= 0.3 is 0 Å². The first-order valence-corrected chi connectivity index (χ1v) is 6.87. The number of hydrogen-bond acceptors (Lipinski definition) is 2. The molecular weight excluding hydrogens is 248 g/mol. The summed E-state index contributed by atoms with van der Waals surface area (Å²) in [5.74, 6) is -0.772. The molecule has 19 heavy (non-hydrogen) atoms. The lowest BCUT2D eigenvalue weighted by atomic mass is 10.0. The third-order valence-electron chi connectivity index (χ3n) is 3.94. The minimum atomic E-state index is -0.408. The number of aliphatic hydroxyl groups is 1. The molecule has 1 aromatic carbocycles. The number of hydrogen-bond donors (Lipinski definition) is 1. The standard InChI is InChI=1S/C15H21F2NO/c1-10(19)8-13-4-3-7-18(13)11(2)14-9-12(16)5-6-15(14)17/h5-6,9-11,13,19H,3-4,7-8H2,1-2H3. The Kier molecular flexibility index (Phi) is 4.53. The van der Waals surface area contributed by atoms with E-state index in [-0.39, 0.29) is 24.0 Å². The molecule has 106 valence electrons. The number of aliphatic hydroxyl groups excluding tert-OH is 1. The highest BCUT2D eigenvalue weighted by atomic mass is 19.1. The van der Waals surface area contributed by atoms with Crippen LogP contribution < -0.4 is 0 Å². The molecular formula is C15H21F2NO. The van der Waals surface area contributed by atoms with Crippen molar-refractivity contribution in [2.45, 2.75) is 51.3 Å². The highest BCUT2D eigenvalue weighted by Gasteiger charge is 2.31. The average molecular weight is 269 g/mol. The van der Waals surface area contributed by atoms with Crippen molar-refractivity contribution in [3.63, 3.8) is 0 Å². The SMILES string of the molecule is CC(O)CC1CCCN1C(C)c1cc(F)ccc1F. The maximum absolute atomic E-state index is 13.8. The summed E-state index contributed by atoms with van der Waals surface area (Å²) < 4.78 is 27.1. The van der Waals surface area contributed by atoms with Crippen LogP contribution in [0, 0.1) is 11.6 Å². The van der Waals surface area contributed by atoms with Crippen LogP contribution in [0.15, 0.2) is 18.2 Å². The quantitative estimate of drug-likeness (QED) is 0.907. The first-order valence-electron chi connectivity index (χ1n) is 6.87. The largest absolute Gasteiger partial charge is 0.393 e. The summed E-state index contributed by atoms with van der Waals surface area (Å²) in [7, 11) is 0. The van der Waals surface area contributed by atoms with Gasteiger partial charge in [-0.25, -0.2) is 8.78 Å². The van der Waals surface area contributed by atoms with Crippen LogP contribution in [0.25, 0.3) is 0 Å². The number of benzene rings is 1. The number of rotatable bonds is 4. The Morgan fingerprint density at radius 3 is 2.79 bits per heavy atom. The Morgan fingerprint density at radius 1 is 1.37 bits per heavy atom. The number of likely N-dealkylation sites (tertiary alicyclic amines) is 1. The zero-order valence-electron chi connectivity index (χ0n) is 11.4. The van der Waals surface area contributed by atoms with Crippen LogP contribution in [0.1, 0.15) is 44.7 Å². The molecule has 0 aromatic heterocycles. The van der Waals surface area contributed by atoms with Crippen LogP contribution in [0.2, 0.25) is 0 Å². The lowest BCUT2D eigenvalue weighted by molar-refractivity contribution is 0.113. The molecule has 2 rings (SSSR count). The van der Waals surface area contributed by atoms with Gasteiger partial charge in [0.25, 0.3) is 0 Å². The molecule has 4 heteroatoms. The Labute approximate surface area is 113 Å². The second kappa shape index (κ2) is 5.97. The average Bonchev–Trinajstić information content (AvgIpc) is 2.78. The molecule has 0 amide bonds. The van der Waals surface area contributed by atoms with Crippen LogP contribution in [0.4, 0.5) is 8.78 Å². The summed E-state index contributed by atoms with van der Waals surface area (Å²) in [6.07, 6.45) is 2.36. The minimum Gasteiger partial charge on any atom is -0.393 e. The van der Waals surface area contributed by atoms with E-state index in [2.05, 4.69) is 4.90 Å². The van der Waals surface area contributed by atoms with Crippen molar-refractivity contribution in [1.82, 2.24) is 4.90 Å². The Bertz CT molecular complexity index is 436. The Morgan fingerprint density at radius 2 is 2.11 bits per heavy atom. The molecule has 3 unspecified atom stereocenters. The predicted molar refractivity (Wildman–Crippen MR) is 70.8 cm³/mol. The van der Waals surface area contributed by atoms with Gasteiger partial charge in [0.15, 0.2) is 0 Å². The van der Waals surface area contributed by atoms with Crippen LogP contribution >= 0.6 is 0 Å². The van der Waals surface area contributed by atoms with Gasteiger partial charge in [0.2, 0.25) is 0 Å². The van der Waals surface area contributed by atoms with Crippen LogP contribution in [-0.2, 0) is 0 Å². The minimum absolute atomic E-state index is 0.165. The van der Waals surface area contributed by atoms with Gasteiger partial charge < -0.3 is 5.11 Å². The maximum atomic E-state index is 13.8. The normalized spacial score (nSPS) is 23.5. The fourth-order valence-corrected chi connectivity index (χ4v) is 3.03. The monoisotopic (exact) mass is 269 g/mol. The van der Waals surface area contributed by atoms with Gasteiger partial charge in [-0.15, -0.1) is 0 Å². The van der Waals surface area contributed by atoms with Crippen LogP contribution in [0.5, 0.6) is 0 Å². The van der Waals surface area contributed by atoms with Gasteiger partial charge in [0, 0.05) is 17.6 Å². The van der Waals surface area contributed by atoms with Gasteiger partial charge in [0.1, 0.15) is 11.6 Å². The van der Waals surface area contributed by atoms with Gasteiger partial charge in [-0.3, -0.25) is 4.90 Å². The zero-order valence-corrected chi connectivity index (χ0v) is 11.4. The summed E-state index contributed by atoms with van der Waals surface area (Å²) in [6, 6.07) is 3.68. The first-order chi connectivity index (χ1) is 8.99. The van der Waals surface area contributed by atoms with Crippen LogP contribution in [-0.4, -0.2) is 28.7 Å². The fourth-order valence-electron chi connectivity index (χ4n) is 3.03. The van der Waals surface area contributed by atoms with Crippen molar-refractivity contribution in [3.05, 3.63) is 35.4 Å². The lowest BCUT2D eigenvalue weighted by Gasteiger charge is -2.31. The molecule has 0 saturated carbocycles. The van der Waals surface area contributed by atoms with Gasteiger partial charge in [-0.2, -0.15) is 0 Å². The van der Waals surface area contributed by atoms with Gasteiger partial charge in [0.05, 0.1) is 6.10 Å². The molecule has 1 aliphatic heterocycles. The second-order valence-corrected chi connectivity index (χ2v) is 5.46. The first kappa shape index (κ1) is 14.4. The van der Waals surface area contributed by atoms with E-state index in [0.717, 1.165) is 25.5 Å². The lowest BCUT2D eigenvalue weighted by Crippen LogP contribution is -2.34. The van der Waals surface area contributed by atoms with E-state index in [9.17, 15) is 13.9 Å². The topological polar surface area (TPSA) is 23.5 Å². The van der Waals surface area contributed by atoms with E-state index in [0.29, 0.717) is 12.0 Å².